The molecule has 142 valence electrons. The fraction of sp³-hybridized carbons (Fsp3) is 0.111. The quantitative estimate of drug-likeness (QED) is 0.391. The highest BCUT2D eigenvalue weighted by molar-refractivity contribution is 5.83. The maximum absolute atomic E-state index is 13.6. The standard InChI is InChI=1S/C18H11F4N5O/c1-28-16-8-7-15(25-26-16)27-13-6-5-10(18(20,21)22)9-12(13)24-17(27)11-3-2-4-14(19)23-11/h2-9H,1H3. The van der Waals surface area contributed by atoms with Crippen LogP contribution in [0, 0.1) is 5.95 Å². The lowest BCUT2D eigenvalue weighted by atomic mass is 10.2. The lowest BCUT2D eigenvalue weighted by molar-refractivity contribution is -0.137. The Balaban J connectivity index is 1.99. The minimum absolute atomic E-state index is 0.0634. The first-order valence-electron chi connectivity index (χ1n) is 7.97. The van der Waals surface area contributed by atoms with Gasteiger partial charge in [0.05, 0.1) is 23.7 Å². The SMILES string of the molecule is COc1ccc(-n2c(-c3cccc(F)n3)nc3cc(C(F)(F)F)ccc32)nn1. The zero-order valence-corrected chi connectivity index (χ0v) is 14.3. The van der Waals surface area contributed by atoms with Crippen LogP contribution in [0.3, 0.4) is 0 Å². The van der Waals surface area contributed by atoms with E-state index in [1.54, 1.807) is 12.1 Å². The molecule has 0 bridgehead atoms. The number of rotatable bonds is 3. The van der Waals surface area contributed by atoms with Gasteiger partial charge in [0.1, 0.15) is 5.69 Å². The largest absolute Gasteiger partial charge is 0.480 e. The van der Waals surface area contributed by atoms with Gasteiger partial charge in [-0.15, -0.1) is 10.2 Å². The summed E-state index contributed by atoms with van der Waals surface area (Å²) in [5, 5.41) is 7.90. The number of benzene rings is 1. The third kappa shape index (κ3) is 3.13. The van der Waals surface area contributed by atoms with Crippen molar-refractivity contribution >= 4 is 11.0 Å². The van der Waals surface area contributed by atoms with Gasteiger partial charge < -0.3 is 4.74 Å². The molecule has 0 radical (unpaired) electrons. The molecule has 4 aromatic rings. The third-order valence-electron chi connectivity index (χ3n) is 3.99. The zero-order chi connectivity index (χ0) is 19.9. The number of methoxy groups -OCH3 is 1. The minimum atomic E-state index is -4.52. The number of hydrogen-bond acceptors (Lipinski definition) is 5. The van der Waals surface area contributed by atoms with Gasteiger partial charge in [-0.3, -0.25) is 4.57 Å². The van der Waals surface area contributed by atoms with Gasteiger partial charge in [-0.1, -0.05) is 6.07 Å². The van der Waals surface area contributed by atoms with Crippen molar-refractivity contribution < 1.29 is 22.3 Å². The molecule has 0 unspecified atom stereocenters. The fourth-order valence-electron chi connectivity index (χ4n) is 2.73. The number of hydrogen-bond donors (Lipinski definition) is 0. The van der Waals surface area contributed by atoms with Crippen LogP contribution in [0.2, 0.25) is 0 Å². The Morgan fingerprint density at radius 1 is 0.964 bits per heavy atom. The second-order valence-electron chi connectivity index (χ2n) is 5.75. The smallest absolute Gasteiger partial charge is 0.416 e. The number of nitrogens with zero attached hydrogens (tertiary/aromatic N) is 5. The molecule has 10 heteroatoms. The molecule has 3 heterocycles. The normalized spacial score (nSPS) is 11.8. The van der Waals surface area contributed by atoms with Crippen LogP contribution in [-0.4, -0.2) is 31.8 Å². The summed E-state index contributed by atoms with van der Waals surface area (Å²) >= 11 is 0. The van der Waals surface area contributed by atoms with Gasteiger partial charge in [0, 0.05) is 6.07 Å². The topological polar surface area (TPSA) is 65.7 Å². The van der Waals surface area contributed by atoms with Gasteiger partial charge in [-0.05, 0) is 36.4 Å². The Morgan fingerprint density at radius 2 is 1.79 bits per heavy atom. The fourth-order valence-corrected chi connectivity index (χ4v) is 2.73. The summed E-state index contributed by atoms with van der Waals surface area (Å²) in [6, 6.07) is 10.3. The molecule has 4 rings (SSSR count). The molecule has 0 aliphatic rings. The lowest BCUT2D eigenvalue weighted by Gasteiger charge is -2.09. The first-order chi connectivity index (χ1) is 13.4. The van der Waals surface area contributed by atoms with Crippen molar-refractivity contribution in [1.82, 2.24) is 24.7 Å². The van der Waals surface area contributed by atoms with Crippen molar-refractivity contribution in [1.29, 1.82) is 0 Å². The Hall–Kier alpha value is -3.56. The molecular weight excluding hydrogens is 378 g/mol. The Bertz CT molecular complexity index is 1160. The number of aromatic nitrogens is 5. The third-order valence-corrected chi connectivity index (χ3v) is 3.99. The van der Waals surface area contributed by atoms with Gasteiger partial charge in [-0.2, -0.15) is 17.6 Å². The van der Waals surface area contributed by atoms with Gasteiger partial charge in [0.15, 0.2) is 11.6 Å². The summed E-state index contributed by atoms with van der Waals surface area (Å²) in [5.74, 6) is -0.0803. The van der Waals surface area contributed by atoms with Crippen molar-refractivity contribution in [2.75, 3.05) is 7.11 Å². The molecule has 0 atom stereocenters. The number of ether oxygens (including phenoxy) is 1. The molecule has 28 heavy (non-hydrogen) atoms. The van der Waals surface area contributed by atoms with Crippen molar-refractivity contribution in [3.05, 3.63) is 60.0 Å². The van der Waals surface area contributed by atoms with Crippen molar-refractivity contribution in [2.45, 2.75) is 6.18 Å². The van der Waals surface area contributed by atoms with E-state index in [2.05, 4.69) is 20.2 Å². The second-order valence-corrected chi connectivity index (χ2v) is 5.75. The Kier molecular flexibility index (Phi) is 4.17. The highest BCUT2D eigenvalue weighted by Crippen LogP contribution is 2.33. The van der Waals surface area contributed by atoms with Crippen LogP contribution in [-0.2, 0) is 6.18 Å². The highest BCUT2D eigenvalue weighted by atomic mass is 19.4. The monoisotopic (exact) mass is 389 g/mol. The van der Waals surface area contributed by atoms with E-state index in [-0.39, 0.29) is 28.7 Å². The van der Waals surface area contributed by atoms with E-state index in [4.69, 9.17) is 4.74 Å². The van der Waals surface area contributed by atoms with Crippen LogP contribution in [0.25, 0.3) is 28.4 Å². The number of fused-ring (bicyclic) bond motifs is 1. The van der Waals surface area contributed by atoms with E-state index in [0.717, 1.165) is 18.2 Å². The highest BCUT2D eigenvalue weighted by Gasteiger charge is 2.31. The van der Waals surface area contributed by atoms with Gasteiger partial charge in [0.25, 0.3) is 0 Å². The van der Waals surface area contributed by atoms with Crippen molar-refractivity contribution in [3.63, 3.8) is 0 Å². The van der Waals surface area contributed by atoms with Crippen molar-refractivity contribution in [2.24, 2.45) is 0 Å². The van der Waals surface area contributed by atoms with Gasteiger partial charge in [0.2, 0.25) is 11.8 Å². The summed E-state index contributed by atoms with van der Waals surface area (Å²) in [4.78, 5) is 8.04. The van der Waals surface area contributed by atoms with E-state index < -0.39 is 17.7 Å². The maximum atomic E-state index is 13.6. The summed E-state index contributed by atoms with van der Waals surface area (Å²) in [5.41, 5.74) is -0.298. The van der Waals surface area contributed by atoms with Gasteiger partial charge >= 0.3 is 6.18 Å². The second kappa shape index (κ2) is 6.55. The van der Waals surface area contributed by atoms with Crippen LogP contribution in [0.1, 0.15) is 5.56 Å². The Labute approximate surface area is 155 Å². The van der Waals surface area contributed by atoms with E-state index in [0.29, 0.717) is 5.52 Å². The van der Waals surface area contributed by atoms with E-state index >= 15 is 0 Å². The van der Waals surface area contributed by atoms with Crippen LogP contribution in [0.4, 0.5) is 17.6 Å². The van der Waals surface area contributed by atoms with Crippen LogP contribution >= 0.6 is 0 Å². The van der Waals surface area contributed by atoms with E-state index in [9.17, 15) is 17.6 Å². The molecule has 0 aliphatic heterocycles. The zero-order valence-electron chi connectivity index (χ0n) is 14.3. The molecule has 1 aromatic carbocycles. The first-order valence-corrected chi connectivity index (χ1v) is 7.97. The first kappa shape index (κ1) is 17.8. The van der Waals surface area contributed by atoms with E-state index in [1.165, 1.54) is 29.9 Å². The molecule has 3 aromatic heterocycles. The molecule has 0 amide bonds. The van der Waals surface area contributed by atoms with Crippen LogP contribution in [0.5, 0.6) is 5.88 Å². The molecular formula is C18H11F4N5O. The van der Waals surface area contributed by atoms with Crippen LogP contribution < -0.4 is 4.74 Å². The summed E-state index contributed by atoms with van der Waals surface area (Å²) in [6.07, 6.45) is -4.52. The summed E-state index contributed by atoms with van der Waals surface area (Å²) < 4.78 is 59.3. The predicted molar refractivity (Wildman–Crippen MR) is 91.4 cm³/mol. The molecule has 0 saturated carbocycles. The molecule has 0 fully saturated rings. The molecule has 0 aliphatic carbocycles. The van der Waals surface area contributed by atoms with Crippen LogP contribution in [0.15, 0.2) is 48.5 Å². The van der Waals surface area contributed by atoms with E-state index in [1.807, 2.05) is 0 Å². The van der Waals surface area contributed by atoms with Gasteiger partial charge in [-0.25, -0.2) is 9.97 Å². The number of imidazole rings is 1. The maximum Gasteiger partial charge on any atom is 0.416 e. The average molecular weight is 389 g/mol. The molecule has 0 N–H and O–H groups in total. The predicted octanol–water partition coefficient (Wildman–Crippen LogP) is 4.04. The summed E-state index contributed by atoms with van der Waals surface area (Å²) in [7, 11) is 1.43. The summed E-state index contributed by atoms with van der Waals surface area (Å²) in [6.45, 7) is 0. The van der Waals surface area contributed by atoms with Crippen molar-refractivity contribution in [3.8, 4) is 23.2 Å². The lowest BCUT2D eigenvalue weighted by Crippen LogP contribution is -2.05. The number of halogens is 4. The molecule has 0 spiro atoms. The Morgan fingerprint density at radius 3 is 2.43 bits per heavy atom. The molecule has 0 saturated heterocycles. The minimum Gasteiger partial charge on any atom is -0.480 e. The number of pyridine rings is 1. The number of alkyl halides is 3. The molecule has 6 nitrogen and oxygen atoms in total. The average Bonchev–Trinajstić information content (AvgIpc) is 3.06.